The minimum absolute atomic E-state index is 0.647. The summed E-state index contributed by atoms with van der Waals surface area (Å²) in [6, 6.07) is 74.0. The number of thiophene rings is 1. The first-order valence-corrected chi connectivity index (χ1v) is 21.7. The zero-order valence-corrected chi connectivity index (χ0v) is 34.1. The van der Waals surface area contributed by atoms with E-state index in [1.165, 1.54) is 85.4 Å². The van der Waals surface area contributed by atoms with Gasteiger partial charge in [0, 0.05) is 53.3 Å². The number of nitrogens with zero attached hydrogens (tertiary/aromatic N) is 4. The molecule has 0 aliphatic rings. The second kappa shape index (κ2) is 13.8. The van der Waals surface area contributed by atoms with E-state index in [2.05, 4.69) is 150 Å². The average Bonchev–Trinajstić information content (AvgIpc) is 3.90. The summed E-state index contributed by atoms with van der Waals surface area (Å²) in [4.78, 5) is 15.0. The van der Waals surface area contributed by atoms with E-state index in [1.807, 2.05) is 72.0 Å². The SMILES string of the molecule is c1ccc(-c2nc(-c3ccccc3)nc(-c3ccc4c5ccc(-n6c7ccccc7c7cc(-c8cccc9c8sc8ccccc89)ccc76)cc5c5ccccc5c4c3)n2)cc1. The van der Waals surface area contributed by atoms with Crippen molar-refractivity contribution in [2.45, 2.75) is 0 Å². The lowest BCUT2D eigenvalue weighted by molar-refractivity contribution is 1.07. The minimum atomic E-state index is 0.647. The van der Waals surface area contributed by atoms with Gasteiger partial charge in [-0.3, -0.25) is 0 Å². The zero-order valence-electron chi connectivity index (χ0n) is 33.3. The number of hydrogen-bond acceptors (Lipinski definition) is 4. The first-order valence-electron chi connectivity index (χ1n) is 20.9. The fourth-order valence-corrected chi connectivity index (χ4v) is 10.8. The summed E-state index contributed by atoms with van der Waals surface area (Å²) in [5, 5.41) is 12.3. The molecule has 0 saturated heterocycles. The van der Waals surface area contributed by atoms with E-state index in [0.29, 0.717) is 17.5 Å². The molecule has 0 fully saturated rings. The van der Waals surface area contributed by atoms with Crippen LogP contribution >= 0.6 is 11.3 Å². The monoisotopic (exact) mass is 806 g/mol. The van der Waals surface area contributed by atoms with Crippen LogP contribution in [-0.2, 0) is 0 Å². The van der Waals surface area contributed by atoms with Gasteiger partial charge in [0.2, 0.25) is 0 Å². The van der Waals surface area contributed by atoms with Crippen molar-refractivity contribution >= 4 is 85.6 Å². The summed E-state index contributed by atoms with van der Waals surface area (Å²) in [6.45, 7) is 0. The third-order valence-electron chi connectivity index (χ3n) is 12.4. The standard InChI is InChI=1S/C57H34N4S/c1-3-14-35(15-4-1)55-58-56(36-16-5-2-6-17-36)60-57(59-55)38-26-29-43-44-30-28-39(34-49(44)42-19-8-7-18-41(42)48(43)33-38)61-51-24-11-9-20-45(51)50-32-37(27-31-52(50)61)40-22-13-23-47-46-21-10-12-25-53(46)62-54(40)47/h1-34H. The summed E-state index contributed by atoms with van der Waals surface area (Å²) in [5.41, 5.74) is 8.88. The second-order valence-electron chi connectivity index (χ2n) is 15.9. The van der Waals surface area contributed by atoms with Crippen LogP contribution in [0.3, 0.4) is 0 Å². The number of para-hydroxylation sites is 1. The van der Waals surface area contributed by atoms with E-state index >= 15 is 0 Å². The van der Waals surface area contributed by atoms with Crippen LogP contribution in [0.5, 0.6) is 0 Å². The Hall–Kier alpha value is -7.99. The topological polar surface area (TPSA) is 43.6 Å². The molecule has 0 unspecified atom stereocenters. The van der Waals surface area contributed by atoms with Crippen molar-refractivity contribution in [3.05, 3.63) is 206 Å². The van der Waals surface area contributed by atoms with Crippen molar-refractivity contribution in [3.63, 3.8) is 0 Å². The summed E-state index contributed by atoms with van der Waals surface area (Å²) >= 11 is 1.88. The van der Waals surface area contributed by atoms with E-state index in [-0.39, 0.29) is 0 Å². The molecule has 0 radical (unpaired) electrons. The molecule has 0 aliphatic carbocycles. The normalized spacial score (nSPS) is 11.9. The molecule has 3 aromatic heterocycles. The number of rotatable bonds is 5. The molecule has 10 aromatic carbocycles. The van der Waals surface area contributed by atoms with Crippen LogP contribution in [0, 0.1) is 0 Å². The van der Waals surface area contributed by atoms with E-state index < -0.39 is 0 Å². The van der Waals surface area contributed by atoms with Crippen LogP contribution in [0.1, 0.15) is 0 Å². The molecule has 3 heterocycles. The van der Waals surface area contributed by atoms with Gasteiger partial charge in [0.1, 0.15) is 0 Å². The Morgan fingerprint density at radius 2 is 0.823 bits per heavy atom. The molecule has 0 atom stereocenters. The molecule has 0 bridgehead atoms. The van der Waals surface area contributed by atoms with Gasteiger partial charge in [0.05, 0.1) is 11.0 Å². The van der Waals surface area contributed by atoms with Crippen LogP contribution in [0.25, 0.3) is 125 Å². The second-order valence-corrected chi connectivity index (χ2v) is 17.0. The van der Waals surface area contributed by atoms with Crippen LogP contribution in [0.15, 0.2) is 206 Å². The van der Waals surface area contributed by atoms with Crippen LogP contribution < -0.4 is 0 Å². The number of hydrogen-bond donors (Lipinski definition) is 0. The van der Waals surface area contributed by atoms with E-state index in [0.717, 1.165) is 22.4 Å². The van der Waals surface area contributed by atoms with Crippen LogP contribution in [-0.4, -0.2) is 19.5 Å². The summed E-state index contributed by atoms with van der Waals surface area (Å²) < 4.78 is 5.09. The van der Waals surface area contributed by atoms with Crippen molar-refractivity contribution < 1.29 is 0 Å². The molecule has 288 valence electrons. The zero-order chi connectivity index (χ0) is 40.7. The van der Waals surface area contributed by atoms with Gasteiger partial charge in [-0.05, 0) is 85.9 Å². The maximum absolute atomic E-state index is 5.06. The van der Waals surface area contributed by atoms with E-state index in [1.54, 1.807) is 0 Å². The molecular formula is C57H34N4S. The van der Waals surface area contributed by atoms with Crippen molar-refractivity contribution in [2.75, 3.05) is 0 Å². The molecule has 62 heavy (non-hydrogen) atoms. The minimum Gasteiger partial charge on any atom is -0.309 e. The average molecular weight is 807 g/mol. The molecule has 0 amide bonds. The van der Waals surface area contributed by atoms with Gasteiger partial charge in [0.15, 0.2) is 17.5 Å². The quantitative estimate of drug-likeness (QED) is 0.163. The van der Waals surface area contributed by atoms with Gasteiger partial charge >= 0.3 is 0 Å². The molecule has 0 N–H and O–H groups in total. The lowest BCUT2D eigenvalue weighted by Gasteiger charge is -2.15. The van der Waals surface area contributed by atoms with Crippen molar-refractivity contribution in [3.8, 4) is 51.0 Å². The van der Waals surface area contributed by atoms with E-state index in [9.17, 15) is 0 Å². The van der Waals surface area contributed by atoms with Crippen LogP contribution in [0.4, 0.5) is 0 Å². The summed E-state index contributed by atoms with van der Waals surface area (Å²) in [6.07, 6.45) is 0. The van der Waals surface area contributed by atoms with Gasteiger partial charge < -0.3 is 4.57 Å². The molecule has 0 spiro atoms. The predicted octanol–water partition coefficient (Wildman–Crippen LogP) is 15.5. The van der Waals surface area contributed by atoms with Gasteiger partial charge in [-0.1, -0.05) is 164 Å². The molecule has 13 rings (SSSR count). The highest BCUT2D eigenvalue weighted by atomic mass is 32.1. The molecule has 0 aliphatic heterocycles. The van der Waals surface area contributed by atoms with Gasteiger partial charge in [0.25, 0.3) is 0 Å². The molecule has 5 heteroatoms. The van der Waals surface area contributed by atoms with Crippen molar-refractivity contribution in [1.82, 2.24) is 19.5 Å². The number of benzene rings is 10. The summed E-state index contributed by atoms with van der Waals surface area (Å²) in [7, 11) is 0. The highest BCUT2D eigenvalue weighted by molar-refractivity contribution is 7.26. The van der Waals surface area contributed by atoms with Crippen molar-refractivity contribution in [1.29, 1.82) is 0 Å². The van der Waals surface area contributed by atoms with Gasteiger partial charge in [-0.2, -0.15) is 0 Å². The number of fused-ring (bicyclic) bond motifs is 12. The molecular weight excluding hydrogens is 773 g/mol. The summed E-state index contributed by atoms with van der Waals surface area (Å²) in [5.74, 6) is 1.95. The number of aromatic nitrogens is 4. The van der Waals surface area contributed by atoms with Crippen molar-refractivity contribution in [2.24, 2.45) is 0 Å². The fourth-order valence-electron chi connectivity index (χ4n) is 9.55. The Labute approximate surface area is 360 Å². The fraction of sp³-hybridized carbons (Fsp3) is 0. The third-order valence-corrected chi connectivity index (χ3v) is 13.6. The maximum atomic E-state index is 5.06. The third kappa shape index (κ3) is 5.42. The Morgan fingerprint density at radius 3 is 1.55 bits per heavy atom. The first-order chi connectivity index (χ1) is 30.7. The predicted molar refractivity (Wildman–Crippen MR) is 261 cm³/mol. The smallest absolute Gasteiger partial charge is 0.164 e. The molecule has 0 saturated carbocycles. The Balaban J connectivity index is 0.978. The Kier molecular flexibility index (Phi) is 7.74. The molecule has 4 nitrogen and oxygen atoms in total. The highest BCUT2D eigenvalue weighted by Crippen LogP contribution is 2.43. The first kappa shape index (κ1) is 34.8. The largest absolute Gasteiger partial charge is 0.309 e. The Morgan fingerprint density at radius 1 is 0.306 bits per heavy atom. The lowest BCUT2D eigenvalue weighted by atomic mass is 9.93. The highest BCUT2D eigenvalue weighted by Gasteiger charge is 2.19. The molecule has 13 aromatic rings. The lowest BCUT2D eigenvalue weighted by Crippen LogP contribution is -2.00. The Bertz CT molecular complexity index is 3850. The maximum Gasteiger partial charge on any atom is 0.164 e. The van der Waals surface area contributed by atoms with Gasteiger partial charge in [-0.15, -0.1) is 11.3 Å². The van der Waals surface area contributed by atoms with Crippen LogP contribution in [0.2, 0.25) is 0 Å². The van der Waals surface area contributed by atoms with Gasteiger partial charge in [-0.25, -0.2) is 15.0 Å². The van der Waals surface area contributed by atoms with E-state index in [4.69, 9.17) is 15.0 Å².